The summed E-state index contributed by atoms with van der Waals surface area (Å²) in [5, 5.41) is 3.30. The normalized spacial score (nSPS) is 30.5. The second-order valence-electron chi connectivity index (χ2n) is 5.96. The van der Waals surface area contributed by atoms with E-state index < -0.39 is 0 Å². The summed E-state index contributed by atoms with van der Waals surface area (Å²) in [6.07, 6.45) is 0. The fraction of sp³-hybridized carbons (Fsp3) is 1.00. The third-order valence-electron chi connectivity index (χ3n) is 3.79. The van der Waals surface area contributed by atoms with E-state index >= 15 is 0 Å². The van der Waals surface area contributed by atoms with Gasteiger partial charge in [0.2, 0.25) is 0 Å². The van der Waals surface area contributed by atoms with Gasteiger partial charge in [-0.1, -0.05) is 0 Å². The Morgan fingerprint density at radius 2 is 1.20 bits per heavy atom. The smallest absolute Gasteiger partial charge is 0.0232 e. The van der Waals surface area contributed by atoms with Gasteiger partial charge in [-0.25, -0.2) is 0 Å². The van der Waals surface area contributed by atoms with E-state index in [0.717, 1.165) is 32.5 Å². The van der Waals surface area contributed by atoms with Crippen molar-refractivity contribution in [3.63, 3.8) is 0 Å². The molecule has 0 aromatic carbocycles. The summed E-state index contributed by atoms with van der Waals surface area (Å²) >= 11 is 24.0. The first-order chi connectivity index (χ1) is 12.3. The molecule has 0 aliphatic carbocycles. The molecule has 9 heteroatoms. The molecule has 2 aliphatic rings. The second-order valence-corrected chi connectivity index (χ2v) is 15.6. The van der Waals surface area contributed by atoms with Gasteiger partial charge in [-0.15, -0.1) is 0 Å². The van der Waals surface area contributed by atoms with E-state index in [4.69, 9.17) is 0 Å². The number of thiol groups is 2. The molecule has 0 radical (unpaired) electrons. The molecule has 4 atom stereocenters. The third-order valence-corrected chi connectivity index (χ3v) is 15.7. The summed E-state index contributed by atoms with van der Waals surface area (Å²) in [7, 11) is 0. The summed E-state index contributed by atoms with van der Waals surface area (Å²) in [4.78, 5) is 0. The molecule has 0 N–H and O–H groups in total. The van der Waals surface area contributed by atoms with Crippen LogP contribution in [0.1, 0.15) is 0 Å². The van der Waals surface area contributed by atoms with Crippen LogP contribution >= 0.6 is 108 Å². The van der Waals surface area contributed by atoms with Crippen molar-refractivity contribution in [2.75, 3.05) is 69.0 Å². The van der Waals surface area contributed by atoms with Gasteiger partial charge in [0.15, 0.2) is 0 Å². The van der Waals surface area contributed by atoms with Crippen molar-refractivity contribution in [1.29, 1.82) is 0 Å². The summed E-state index contributed by atoms with van der Waals surface area (Å²) < 4.78 is 0. The summed E-state index contributed by atoms with van der Waals surface area (Å²) in [6, 6.07) is 0. The summed E-state index contributed by atoms with van der Waals surface area (Å²) in [5.41, 5.74) is 0. The minimum Gasteiger partial charge on any atom is -0.178 e. The van der Waals surface area contributed by atoms with E-state index in [1.54, 1.807) is 0 Å². The van der Waals surface area contributed by atoms with Crippen molar-refractivity contribution >= 4 is 108 Å². The molecular formula is C16H30S9. The molecule has 2 fully saturated rings. The van der Waals surface area contributed by atoms with Gasteiger partial charge in [-0.2, -0.15) is 108 Å². The van der Waals surface area contributed by atoms with E-state index in [1.165, 1.54) is 57.5 Å². The monoisotopic (exact) mass is 510 g/mol. The number of hydrogen-bond acceptors (Lipinski definition) is 9. The Balaban J connectivity index is 1.34. The van der Waals surface area contributed by atoms with Crippen LogP contribution in [-0.2, 0) is 0 Å². The fourth-order valence-electron chi connectivity index (χ4n) is 2.42. The highest BCUT2D eigenvalue weighted by Gasteiger charge is 2.22. The highest BCUT2D eigenvalue weighted by atomic mass is 32.2. The average Bonchev–Trinajstić information content (AvgIpc) is 2.67. The Labute approximate surface area is 195 Å². The molecule has 148 valence electrons. The maximum absolute atomic E-state index is 4.46. The minimum atomic E-state index is 0.781. The molecule has 0 saturated carbocycles. The van der Waals surface area contributed by atoms with E-state index in [2.05, 4.69) is 108 Å². The van der Waals surface area contributed by atoms with Crippen molar-refractivity contribution in [2.45, 2.75) is 21.0 Å². The number of thioether (sulfide) groups is 7. The average molecular weight is 511 g/mol. The second kappa shape index (κ2) is 15.9. The van der Waals surface area contributed by atoms with Crippen LogP contribution < -0.4 is 0 Å². The quantitative estimate of drug-likeness (QED) is 0.260. The lowest BCUT2D eigenvalue weighted by Gasteiger charge is -2.27. The standard InChI is InChI=1S/C16H30S9/c17-5-13-11-24-15(12-23-13)8-20-3-1-19-2-4-21-9-16-10-22-7-14(6-18)25-16/h13-18H,1-12H2. The van der Waals surface area contributed by atoms with Gasteiger partial charge in [0, 0.05) is 90.0 Å². The van der Waals surface area contributed by atoms with Crippen LogP contribution in [0.15, 0.2) is 0 Å². The van der Waals surface area contributed by atoms with Gasteiger partial charge in [-0.05, 0) is 0 Å². The van der Waals surface area contributed by atoms with Crippen LogP contribution in [0.5, 0.6) is 0 Å². The molecule has 0 nitrogen and oxygen atoms in total. The van der Waals surface area contributed by atoms with E-state index in [9.17, 15) is 0 Å². The lowest BCUT2D eigenvalue weighted by molar-refractivity contribution is 1.06. The zero-order valence-electron chi connectivity index (χ0n) is 14.5. The highest BCUT2D eigenvalue weighted by Crippen LogP contribution is 2.33. The largest absolute Gasteiger partial charge is 0.178 e. The Bertz CT molecular complexity index is 323. The van der Waals surface area contributed by atoms with Gasteiger partial charge in [0.1, 0.15) is 0 Å². The van der Waals surface area contributed by atoms with Gasteiger partial charge < -0.3 is 0 Å². The fourth-order valence-corrected chi connectivity index (χ4v) is 13.6. The zero-order chi connectivity index (χ0) is 17.7. The van der Waals surface area contributed by atoms with Gasteiger partial charge in [0.05, 0.1) is 0 Å². The molecule has 2 saturated heterocycles. The SMILES string of the molecule is SCC1CSC(CSCCSCCSCC2CSCC(CS)S2)CS1. The summed E-state index contributed by atoms with van der Waals surface area (Å²) in [5.74, 6) is 15.3. The molecular weight excluding hydrogens is 481 g/mol. The maximum atomic E-state index is 4.46. The van der Waals surface area contributed by atoms with Crippen LogP contribution in [0.2, 0.25) is 0 Å². The molecule has 0 aromatic rings. The molecule has 0 bridgehead atoms. The van der Waals surface area contributed by atoms with Crippen LogP contribution in [0.4, 0.5) is 0 Å². The van der Waals surface area contributed by atoms with Crippen LogP contribution in [0, 0.1) is 0 Å². The van der Waals surface area contributed by atoms with Crippen LogP contribution in [0.25, 0.3) is 0 Å². The highest BCUT2D eigenvalue weighted by molar-refractivity contribution is 8.09. The molecule has 25 heavy (non-hydrogen) atoms. The van der Waals surface area contributed by atoms with Crippen molar-refractivity contribution in [1.82, 2.24) is 0 Å². The zero-order valence-corrected chi connectivity index (χ0v) is 22.1. The molecule has 4 unspecified atom stereocenters. The van der Waals surface area contributed by atoms with Gasteiger partial charge >= 0.3 is 0 Å². The minimum absolute atomic E-state index is 0.781. The Morgan fingerprint density at radius 3 is 1.84 bits per heavy atom. The number of rotatable bonds is 12. The maximum Gasteiger partial charge on any atom is 0.0232 e. The molecule has 2 aliphatic heterocycles. The van der Waals surface area contributed by atoms with E-state index in [-0.39, 0.29) is 0 Å². The van der Waals surface area contributed by atoms with Crippen LogP contribution in [0.3, 0.4) is 0 Å². The third kappa shape index (κ3) is 11.2. The first-order valence-corrected chi connectivity index (χ1v) is 17.7. The Kier molecular flexibility index (Phi) is 15.6. The lowest BCUT2D eigenvalue weighted by atomic mass is 10.5. The molecule has 2 heterocycles. The molecule has 0 aromatic heterocycles. The predicted molar refractivity (Wildman–Crippen MR) is 145 cm³/mol. The van der Waals surface area contributed by atoms with Crippen molar-refractivity contribution < 1.29 is 0 Å². The molecule has 2 rings (SSSR count). The predicted octanol–water partition coefficient (Wildman–Crippen LogP) is 5.48. The first-order valence-electron chi connectivity index (χ1n) is 8.73. The van der Waals surface area contributed by atoms with Crippen molar-refractivity contribution in [3.05, 3.63) is 0 Å². The van der Waals surface area contributed by atoms with Crippen molar-refractivity contribution in [2.24, 2.45) is 0 Å². The van der Waals surface area contributed by atoms with E-state index in [1.807, 2.05) is 0 Å². The Morgan fingerprint density at radius 1 is 0.640 bits per heavy atom. The molecule has 0 amide bonds. The summed E-state index contributed by atoms with van der Waals surface area (Å²) in [6.45, 7) is 0. The van der Waals surface area contributed by atoms with Crippen molar-refractivity contribution in [3.8, 4) is 0 Å². The Hall–Kier alpha value is 3.15. The van der Waals surface area contributed by atoms with Gasteiger partial charge in [-0.3, -0.25) is 0 Å². The van der Waals surface area contributed by atoms with E-state index in [0.29, 0.717) is 0 Å². The number of hydrogen-bond donors (Lipinski definition) is 2. The molecule has 0 spiro atoms. The van der Waals surface area contributed by atoms with Gasteiger partial charge in [0.25, 0.3) is 0 Å². The lowest BCUT2D eigenvalue weighted by Crippen LogP contribution is -2.25. The first kappa shape index (κ1) is 24.4. The topological polar surface area (TPSA) is 0 Å². The van der Waals surface area contributed by atoms with Crippen LogP contribution in [-0.4, -0.2) is 90.0 Å².